The summed E-state index contributed by atoms with van der Waals surface area (Å²) in [5.41, 5.74) is 0.416. The summed E-state index contributed by atoms with van der Waals surface area (Å²) in [5.74, 6) is -1.33. The van der Waals surface area contributed by atoms with Crippen LogP contribution in [0.25, 0.3) is 0 Å². The predicted octanol–water partition coefficient (Wildman–Crippen LogP) is 3.17. The van der Waals surface area contributed by atoms with E-state index in [2.05, 4.69) is 4.72 Å². The molecule has 0 unspecified atom stereocenters. The van der Waals surface area contributed by atoms with Crippen LogP contribution in [-0.4, -0.2) is 19.5 Å². The monoisotopic (exact) mass is 359 g/mol. The van der Waals surface area contributed by atoms with E-state index in [1.54, 1.807) is 24.3 Å². The van der Waals surface area contributed by atoms with Crippen LogP contribution in [0.5, 0.6) is 0 Å². The van der Waals surface area contributed by atoms with Crippen molar-refractivity contribution in [3.8, 4) is 0 Å². The number of benzene rings is 2. The zero-order valence-corrected chi connectivity index (χ0v) is 13.4. The van der Waals surface area contributed by atoms with Crippen molar-refractivity contribution >= 4 is 39.2 Å². The molecule has 5 nitrogen and oxygen atoms in total. The molecule has 0 bridgehead atoms. The van der Waals surface area contributed by atoms with Crippen LogP contribution in [-0.2, 0) is 16.6 Å². The lowest BCUT2D eigenvalue weighted by molar-refractivity contribution is 0.0697. The Hall–Kier alpha value is -1.60. The molecule has 8 heteroatoms. The molecule has 2 aromatic carbocycles. The van der Waals surface area contributed by atoms with Crippen LogP contribution >= 0.6 is 23.2 Å². The van der Waals surface area contributed by atoms with Crippen LogP contribution in [0.4, 0.5) is 0 Å². The smallest absolute Gasteiger partial charge is 0.337 e. The summed E-state index contributed by atoms with van der Waals surface area (Å²) in [4.78, 5) is 10.6. The number of hydrogen-bond donors (Lipinski definition) is 2. The zero-order chi connectivity index (χ0) is 16.3. The van der Waals surface area contributed by atoms with Gasteiger partial charge >= 0.3 is 5.97 Å². The lowest BCUT2D eigenvalue weighted by Gasteiger charge is -2.11. The van der Waals surface area contributed by atoms with Crippen molar-refractivity contribution in [2.45, 2.75) is 11.4 Å². The highest BCUT2D eigenvalue weighted by Crippen LogP contribution is 2.32. The van der Waals surface area contributed by atoms with Crippen LogP contribution < -0.4 is 4.72 Å². The number of hydrogen-bond acceptors (Lipinski definition) is 3. The van der Waals surface area contributed by atoms with E-state index in [1.807, 2.05) is 6.07 Å². The van der Waals surface area contributed by atoms with Crippen LogP contribution in [0.2, 0.25) is 10.0 Å². The van der Waals surface area contributed by atoms with E-state index in [0.29, 0.717) is 0 Å². The third kappa shape index (κ3) is 3.59. The van der Waals surface area contributed by atoms with Gasteiger partial charge in [-0.2, -0.15) is 0 Å². The van der Waals surface area contributed by atoms with Gasteiger partial charge in [-0.25, -0.2) is 17.9 Å². The van der Waals surface area contributed by atoms with E-state index < -0.39 is 25.9 Å². The summed E-state index contributed by atoms with van der Waals surface area (Å²) in [6.45, 7) is 0.0349. The minimum Gasteiger partial charge on any atom is -0.478 e. The van der Waals surface area contributed by atoms with E-state index in [1.165, 1.54) is 6.07 Å². The van der Waals surface area contributed by atoms with Gasteiger partial charge in [-0.15, -0.1) is 0 Å². The maximum Gasteiger partial charge on any atom is 0.337 e. The highest BCUT2D eigenvalue weighted by molar-refractivity contribution is 7.89. The summed E-state index contributed by atoms with van der Waals surface area (Å²) >= 11 is 11.8. The molecule has 0 aliphatic rings. The molecule has 0 aliphatic heterocycles. The van der Waals surface area contributed by atoms with Crippen molar-refractivity contribution in [2.75, 3.05) is 0 Å². The fraction of sp³-hybridized carbons (Fsp3) is 0.0714. The van der Waals surface area contributed by atoms with Crippen LogP contribution in [0.3, 0.4) is 0 Å². The minimum atomic E-state index is -4.05. The van der Waals surface area contributed by atoms with Gasteiger partial charge in [0, 0.05) is 6.54 Å². The summed E-state index contributed by atoms with van der Waals surface area (Å²) in [5, 5.41) is 8.45. The van der Waals surface area contributed by atoms with Gasteiger partial charge in [0.05, 0.1) is 15.6 Å². The highest BCUT2D eigenvalue weighted by atomic mass is 35.5. The van der Waals surface area contributed by atoms with Crippen molar-refractivity contribution in [3.05, 3.63) is 63.6 Å². The SMILES string of the molecule is O=C(O)c1ccc(Cl)c(S(=O)(=O)NCc2ccccc2)c1Cl. The van der Waals surface area contributed by atoms with E-state index >= 15 is 0 Å². The Morgan fingerprint density at radius 2 is 1.73 bits per heavy atom. The van der Waals surface area contributed by atoms with Gasteiger partial charge in [0.15, 0.2) is 0 Å². The number of rotatable bonds is 5. The van der Waals surface area contributed by atoms with E-state index in [4.69, 9.17) is 28.3 Å². The summed E-state index contributed by atoms with van der Waals surface area (Å²) in [7, 11) is -4.05. The number of carboxylic acid groups (broad SMARTS) is 1. The Morgan fingerprint density at radius 1 is 1.09 bits per heavy atom. The Kier molecular flexibility index (Phi) is 5.08. The first-order valence-electron chi connectivity index (χ1n) is 6.08. The predicted molar refractivity (Wildman–Crippen MR) is 83.9 cm³/mol. The maximum atomic E-state index is 12.3. The topological polar surface area (TPSA) is 83.5 Å². The molecule has 0 saturated carbocycles. The van der Waals surface area contributed by atoms with Gasteiger partial charge in [-0.1, -0.05) is 53.5 Å². The molecule has 0 aromatic heterocycles. The molecule has 2 aromatic rings. The molecule has 2 rings (SSSR count). The Bertz CT molecular complexity index is 807. The fourth-order valence-corrected chi connectivity index (χ4v) is 4.02. The Morgan fingerprint density at radius 3 is 2.32 bits per heavy atom. The van der Waals surface area contributed by atoms with E-state index in [-0.39, 0.29) is 17.1 Å². The summed E-state index contributed by atoms with van der Waals surface area (Å²) < 4.78 is 27.0. The van der Waals surface area contributed by atoms with Crippen molar-refractivity contribution in [2.24, 2.45) is 0 Å². The number of carbonyl (C=O) groups is 1. The number of aromatic carboxylic acids is 1. The molecule has 0 spiro atoms. The second-order valence-corrected chi connectivity index (χ2v) is 6.84. The van der Waals surface area contributed by atoms with Crippen molar-refractivity contribution in [1.29, 1.82) is 0 Å². The lowest BCUT2D eigenvalue weighted by atomic mass is 10.2. The standard InChI is InChI=1S/C14H11Cl2NO4S/c15-11-7-6-10(14(18)19)12(16)13(11)22(20,21)17-8-9-4-2-1-3-5-9/h1-7,17H,8H2,(H,18,19). The molecule has 0 fully saturated rings. The molecule has 0 radical (unpaired) electrons. The summed E-state index contributed by atoms with van der Waals surface area (Å²) in [6, 6.07) is 11.2. The molecule has 0 heterocycles. The molecule has 0 atom stereocenters. The molecule has 0 saturated heterocycles. The largest absolute Gasteiger partial charge is 0.478 e. The molecule has 22 heavy (non-hydrogen) atoms. The molecule has 2 N–H and O–H groups in total. The van der Waals surface area contributed by atoms with Gasteiger partial charge in [0.2, 0.25) is 10.0 Å². The van der Waals surface area contributed by atoms with E-state index in [0.717, 1.165) is 11.6 Å². The van der Waals surface area contributed by atoms with E-state index in [9.17, 15) is 13.2 Å². The number of nitrogens with one attached hydrogen (secondary N) is 1. The normalized spacial score (nSPS) is 11.4. The van der Waals surface area contributed by atoms with Crippen molar-refractivity contribution in [3.63, 3.8) is 0 Å². The first kappa shape index (κ1) is 16.8. The zero-order valence-electron chi connectivity index (χ0n) is 11.1. The molecule has 0 aliphatic carbocycles. The van der Waals surface area contributed by atoms with Crippen LogP contribution in [0.1, 0.15) is 15.9 Å². The average Bonchev–Trinajstić information content (AvgIpc) is 2.46. The molecular formula is C14H11Cl2NO4S. The second kappa shape index (κ2) is 6.66. The first-order chi connectivity index (χ1) is 10.3. The second-order valence-electron chi connectivity index (χ2n) is 4.35. The molecule has 0 amide bonds. The molecule has 116 valence electrons. The van der Waals surface area contributed by atoms with Crippen LogP contribution in [0, 0.1) is 0 Å². The Balaban J connectivity index is 2.37. The average molecular weight is 360 g/mol. The fourth-order valence-electron chi connectivity index (χ4n) is 1.79. The van der Waals surface area contributed by atoms with Crippen LogP contribution in [0.15, 0.2) is 47.4 Å². The maximum absolute atomic E-state index is 12.3. The van der Waals surface area contributed by atoms with Gasteiger partial charge in [-0.05, 0) is 17.7 Å². The lowest BCUT2D eigenvalue weighted by Crippen LogP contribution is -2.24. The van der Waals surface area contributed by atoms with Gasteiger partial charge in [0.25, 0.3) is 0 Å². The van der Waals surface area contributed by atoms with Crippen molar-refractivity contribution in [1.82, 2.24) is 4.72 Å². The van der Waals surface area contributed by atoms with Gasteiger partial charge in [-0.3, -0.25) is 0 Å². The molecular weight excluding hydrogens is 349 g/mol. The Labute approximate surface area is 137 Å². The van der Waals surface area contributed by atoms with Gasteiger partial charge in [0.1, 0.15) is 4.90 Å². The summed E-state index contributed by atoms with van der Waals surface area (Å²) in [6.07, 6.45) is 0. The first-order valence-corrected chi connectivity index (χ1v) is 8.31. The minimum absolute atomic E-state index is 0.0349. The highest BCUT2D eigenvalue weighted by Gasteiger charge is 2.25. The van der Waals surface area contributed by atoms with Crippen molar-refractivity contribution < 1.29 is 18.3 Å². The van der Waals surface area contributed by atoms with Gasteiger partial charge < -0.3 is 5.11 Å². The third-order valence-electron chi connectivity index (χ3n) is 2.86. The number of halogens is 2. The third-order valence-corrected chi connectivity index (χ3v) is 5.27. The number of carboxylic acids is 1. The number of sulfonamides is 1. The quantitative estimate of drug-likeness (QED) is 0.858.